The molecular weight excluding hydrogens is 308 g/mol. The van der Waals surface area contributed by atoms with E-state index in [1.165, 1.54) is 16.7 Å². The van der Waals surface area contributed by atoms with Crippen LogP contribution in [0.1, 0.15) is 62.7 Å². The first-order chi connectivity index (χ1) is 11.4. The van der Waals surface area contributed by atoms with Gasteiger partial charge in [-0.3, -0.25) is 0 Å². The van der Waals surface area contributed by atoms with Crippen molar-refractivity contribution in [2.75, 3.05) is 17.6 Å². The van der Waals surface area contributed by atoms with Crippen LogP contribution in [0.15, 0.2) is 18.2 Å². The van der Waals surface area contributed by atoms with Crippen molar-refractivity contribution in [1.29, 1.82) is 0 Å². The fraction of sp³-hybridized carbons (Fsp3) is 0.524. The second-order valence-electron chi connectivity index (χ2n) is 8.74. The second-order valence-corrected chi connectivity index (χ2v) is 8.74. The Morgan fingerprint density at radius 3 is 2.20 bits per heavy atom. The van der Waals surface area contributed by atoms with E-state index in [4.69, 9.17) is 10.7 Å². The van der Waals surface area contributed by atoms with Crippen molar-refractivity contribution < 1.29 is 0 Å². The molecule has 3 N–H and O–H groups in total. The van der Waals surface area contributed by atoms with Gasteiger partial charge in [0.2, 0.25) is 0 Å². The molecule has 0 saturated heterocycles. The number of aryl methyl sites for hydroxylation is 2. The van der Waals surface area contributed by atoms with E-state index in [0.717, 1.165) is 23.8 Å². The number of pyridine rings is 2. The quantitative estimate of drug-likeness (QED) is 0.849. The van der Waals surface area contributed by atoms with Gasteiger partial charge in [0.25, 0.3) is 0 Å². The molecule has 4 nitrogen and oxygen atoms in total. The zero-order valence-corrected chi connectivity index (χ0v) is 16.9. The molecule has 4 heteroatoms. The molecule has 0 saturated carbocycles. The largest absolute Gasteiger partial charge is 0.384 e. The van der Waals surface area contributed by atoms with Crippen LogP contribution in [0.5, 0.6) is 0 Å². The highest BCUT2D eigenvalue weighted by atomic mass is 15.0. The van der Waals surface area contributed by atoms with Crippen molar-refractivity contribution >= 4 is 11.6 Å². The Balaban J connectivity index is 2.27. The molecule has 0 amide bonds. The molecule has 0 aliphatic carbocycles. The van der Waals surface area contributed by atoms with E-state index >= 15 is 0 Å². The number of nitrogens with one attached hydrogen (secondary N) is 1. The molecule has 2 aromatic heterocycles. The highest BCUT2D eigenvalue weighted by Gasteiger charge is 2.26. The molecule has 2 heterocycles. The standard InChI is InChI=1S/C21H32N4/c1-13-9-16(20(4,5)6)24-18(10-13)23-12-21(7,8)19-15(3)14(2)11-17(22)25-19/h9-11H,12H2,1-8H3,(H2,22,25)(H,23,24). The molecule has 0 aromatic carbocycles. The van der Waals surface area contributed by atoms with Gasteiger partial charge < -0.3 is 11.1 Å². The Morgan fingerprint density at radius 2 is 1.60 bits per heavy atom. The van der Waals surface area contributed by atoms with E-state index in [0.29, 0.717) is 5.82 Å². The summed E-state index contributed by atoms with van der Waals surface area (Å²) in [7, 11) is 0. The third kappa shape index (κ3) is 4.50. The first kappa shape index (κ1) is 19.2. The lowest BCUT2D eigenvalue weighted by Crippen LogP contribution is -2.31. The zero-order chi connectivity index (χ0) is 19.0. The van der Waals surface area contributed by atoms with Gasteiger partial charge in [-0.1, -0.05) is 34.6 Å². The van der Waals surface area contributed by atoms with Crippen LogP contribution in [0.25, 0.3) is 0 Å². The van der Waals surface area contributed by atoms with Gasteiger partial charge in [0.15, 0.2) is 0 Å². The van der Waals surface area contributed by atoms with Crippen LogP contribution in [0, 0.1) is 20.8 Å². The van der Waals surface area contributed by atoms with Gasteiger partial charge in [-0.05, 0) is 55.7 Å². The lowest BCUT2D eigenvalue weighted by atomic mass is 9.85. The molecule has 0 spiro atoms. The first-order valence-electron chi connectivity index (χ1n) is 8.87. The summed E-state index contributed by atoms with van der Waals surface area (Å²) in [6, 6.07) is 6.18. The number of nitrogens with zero attached hydrogens (tertiary/aromatic N) is 2. The Kier molecular flexibility index (Phi) is 5.12. The predicted octanol–water partition coefficient (Wildman–Crippen LogP) is 4.67. The number of nitrogen functional groups attached to an aromatic ring is 1. The van der Waals surface area contributed by atoms with Crippen LogP contribution < -0.4 is 11.1 Å². The van der Waals surface area contributed by atoms with Gasteiger partial charge in [0.05, 0.1) is 5.69 Å². The molecule has 0 aliphatic heterocycles. The first-order valence-corrected chi connectivity index (χ1v) is 8.87. The van der Waals surface area contributed by atoms with Gasteiger partial charge in [-0.2, -0.15) is 0 Å². The van der Waals surface area contributed by atoms with E-state index in [-0.39, 0.29) is 10.8 Å². The Morgan fingerprint density at radius 1 is 0.960 bits per heavy atom. The minimum absolute atomic E-state index is 0.0289. The lowest BCUT2D eigenvalue weighted by Gasteiger charge is -2.28. The number of aromatic nitrogens is 2. The van der Waals surface area contributed by atoms with Crippen LogP contribution >= 0.6 is 0 Å². The molecule has 0 fully saturated rings. The Hall–Kier alpha value is -2.10. The fourth-order valence-electron chi connectivity index (χ4n) is 2.96. The van der Waals surface area contributed by atoms with Crippen molar-refractivity contribution in [3.05, 3.63) is 46.3 Å². The number of rotatable bonds is 4. The van der Waals surface area contributed by atoms with Gasteiger partial charge in [-0.25, -0.2) is 9.97 Å². The van der Waals surface area contributed by atoms with Gasteiger partial charge in [0.1, 0.15) is 11.6 Å². The SMILES string of the molecule is Cc1cc(NCC(C)(C)c2nc(N)cc(C)c2C)nc(C(C)(C)C)c1. The zero-order valence-electron chi connectivity index (χ0n) is 16.9. The summed E-state index contributed by atoms with van der Waals surface area (Å²) in [5.74, 6) is 1.49. The van der Waals surface area contributed by atoms with Crippen molar-refractivity contribution in [1.82, 2.24) is 9.97 Å². The molecule has 25 heavy (non-hydrogen) atoms. The maximum atomic E-state index is 5.98. The van der Waals surface area contributed by atoms with E-state index in [1.54, 1.807) is 0 Å². The number of anilines is 2. The Labute approximate surface area is 152 Å². The maximum absolute atomic E-state index is 5.98. The molecule has 0 aliphatic rings. The molecule has 2 rings (SSSR count). The highest BCUT2D eigenvalue weighted by molar-refractivity contribution is 5.45. The number of hydrogen-bond donors (Lipinski definition) is 2. The smallest absolute Gasteiger partial charge is 0.126 e. The third-order valence-corrected chi connectivity index (χ3v) is 4.64. The molecule has 0 bridgehead atoms. The lowest BCUT2D eigenvalue weighted by molar-refractivity contribution is 0.532. The monoisotopic (exact) mass is 340 g/mol. The van der Waals surface area contributed by atoms with Crippen LogP contribution in [-0.2, 0) is 10.8 Å². The average molecular weight is 341 g/mol. The summed E-state index contributed by atoms with van der Waals surface area (Å²) >= 11 is 0. The van der Waals surface area contributed by atoms with Crippen molar-refractivity contribution in [2.24, 2.45) is 0 Å². The van der Waals surface area contributed by atoms with Gasteiger partial charge in [-0.15, -0.1) is 0 Å². The summed E-state index contributed by atoms with van der Waals surface area (Å²) in [4.78, 5) is 9.41. The third-order valence-electron chi connectivity index (χ3n) is 4.64. The van der Waals surface area contributed by atoms with Crippen LogP contribution in [0.3, 0.4) is 0 Å². The predicted molar refractivity (Wildman–Crippen MR) is 107 cm³/mol. The molecular formula is C21H32N4. The second kappa shape index (κ2) is 6.66. The summed E-state index contributed by atoms with van der Waals surface area (Å²) in [6.07, 6.45) is 0. The fourth-order valence-corrected chi connectivity index (χ4v) is 2.96. The number of hydrogen-bond acceptors (Lipinski definition) is 4. The maximum Gasteiger partial charge on any atom is 0.126 e. The van der Waals surface area contributed by atoms with Crippen molar-refractivity contribution in [2.45, 2.75) is 66.2 Å². The van der Waals surface area contributed by atoms with E-state index in [2.05, 4.69) is 77.8 Å². The van der Waals surface area contributed by atoms with Crippen molar-refractivity contribution in [3.8, 4) is 0 Å². The minimum Gasteiger partial charge on any atom is -0.384 e. The summed E-state index contributed by atoms with van der Waals surface area (Å²) in [5, 5.41) is 3.51. The van der Waals surface area contributed by atoms with Crippen LogP contribution in [0.4, 0.5) is 11.6 Å². The van der Waals surface area contributed by atoms with E-state index in [9.17, 15) is 0 Å². The topological polar surface area (TPSA) is 63.8 Å². The van der Waals surface area contributed by atoms with Crippen LogP contribution in [-0.4, -0.2) is 16.5 Å². The normalized spacial score (nSPS) is 12.3. The molecule has 0 atom stereocenters. The van der Waals surface area contributed by atoms with Gasteiger partial charge in [0, 0.05) is 23.1 Å². The average Bonchev–Trinajstić information content (AvgIpc) is 2.47. The summed E-state index contributed by atoms with van der Waals surface area (Å²) in [6.45, 7) is 18.0. The van der Waals surface area contributed by atoms with E-state index < -0.39 is 0 Å². The van der Waals surface area contributed by atoms with Crippen LogP contribution in [0.2, 0.25) is 0 Å². The minimum atomic E-state index is -0.155. The van der Waals surface area contributed by atoms with Gasteiger partial charge >= 0.3 is 0 Å². The number of nitrogens with two attached hydrogens (primary N) is 1. The molecule has 0 unspecified atom stereocenters. The summed E-state index contributed by atoms with van der Waals surface area (Å²) < 4.78 is 0. The molecule has 2 aromatic rings. The molecule has 0 radical (unpaired) electrons. The Bertz CT molecular complexity index is 770. The molecule has 136 valence electrons. The highest BCUT2D eigenvalue weighted by Crippen LogP contribution is 2.29. The summed E-state index contributed by atoms with van der Waals surface area (Å²) in [5.41, 5.74) is 11.6. The van der Waals surface area contributed by atoms with Crippen molar-refractivity contribution in [3.63, 3.8) is 0 Å². The van der Waals surface area contributed by atoms with E-state index in [1.807, 2.05) is 6.07 Å².